The van der Waals surface area contributed by atoms with Crippen molar-refractivity contribution in [3.05, 3.63) is 59.2 Å². The van der Waals surface area contributed by atoms with Crippen molar-refractivity contribution in [3.63, 3.8) is 0 Å². The molecule has 0 amide bonds. The van der Waals surface area contributed by atoms with E-state index >= 15 is 0 Å². The minimum atomic E-state index is -0.916. The van der Waals surface area contributed by atoms with Crippen molar-refractivity contribution in [2.75, 3.05) is 5.32 Å². The van der Waals surface area contributed by atoms with Gasteiger partial charge < -0.3 is 15.7 Å². The number of nitrogens with zero attached hydrogens (tertiary/aromatic N) is 1. The molecule has 1 aromatic heterocycles. The molecule has 2 aromatic carbocycles. The highest BCUT2D eigenvalue weighted by molar-refractivity contribution is 7.80. The summed E-state index contributed by atoms with van der Waals surface area (Å²) in [5.74, 6) is -0.916. The Morgan fingerprint density at radius 1 is 1.28 bits per heavy atom. The second-order valence-electron chi connectivity index (χ2n) is 5.38. The largest absolute Gasteiger partial charge is 0.481 e. The fourth-order valence-electron chi connectivity index (χ4n) is 2.40. The number of carboxylic acids is 1. The molecule has 3 rings (SSSR count). The molecule has 128 valence electrons. The van der Waals surface area contributed by atoms with Crippen LogP contribution in [0, 0.1) is 0 Å². The monoisotopic (exact) mass is 391 g/mol. The van der Waals surface area contributed by atoms with Crippen LogP contribution in [0.15, 0.2) is 48.7 Å². The average molecular weight is 392 g/mol. The van der Waals surface area contributed by atoms with Crippen molar-refractivity contribution in [3.8, 4) is 0 Å². The van der Waals surface area contributed by atoms with E-state index in [1.807, 2.05) is 18.2 Å². The lowest BCUT2D eigenvalue weighted by Crippen LogP contribution is -2.33. The van der Waals surface area contributed by atoms with Gasteiger partial charge in [-0.05, 0) is 59.6 Å². The number of carbonyl (C=O) groups is 1. The van der Waals surface area contributed by atoms with Crippen LogP contribution in [-0.2, 0) is 4.79 Å². The lowest BCUT2D eigenvalue weighted by Gasteiger charge is -2.20. The lowest BCUT2D eigenvalue weighted by atomic mass is 10.0. The zero-order valence-corrected chi connectivity index (χ0v) is 15.3. The molecule has 1 heterocycles. The Morgan fingerprint density at radius 2 is 2.04 bits per heavy atom. The average Bonchev–Trinajstić information content (AvgIpc) is 3.02. The van der Waals surface area contributed by atoms with Gasteiger partial charge in [0.1, 0.15) is 0 Å². The fourth-order valence-corrected chi connectivity index (χ4v) is 3.41. The standard InChI is InChI=1S/C17H14ClN3O2S2/c18-12-3-1-10(2-4-12)14(8-16(22)23)21-17(24)20-13-5-6-15-11(7-13)9-19-25-15/h1-7,9,14H,8H2,(H,22,23)(H2,20,21,24). The van der Waals surface area contributed by atoms with Gasteiger partial charge in [0.15, 0.2) is 5.11 Å². The number of halogens is 1. The van der Waals surface area contributed by atoms with E-state index in [-0.39, 0.29) is 6.42 Å². The van der Waals surface area contributed by atoms with Crippen molar-refractivity contribution in [2.24, 2.45) is 0 Å². The van der Waals surface area contributed by atoms with Gasteiger partial charge in [-0.1, -0.05) is 23.7 Å². The van der Waals surface area contributed by atoms with Gasteiger partial charge in [0.25, 0.3) is 0 Å². The highest BCUT2D eigenvalue weighted by Gasteiger charge is 2.17. The number of anilines is 1. The van der Waals surface area contributed by atoms with Crippen LogP contribution >= 0.6 is 35.4 Å². The zero-order valence-electron chi connectivity index (χ0n) is 12.9. The van der Waals surface area contributed by atoms with Gasteiger partial charge in [0.05, 0.1) is 17.2 Å². The Morgan fingerprint density at radius 3 is 2.76 bits per heavy atom. The van der Waals surface area contributed by atoms with Crippen molar-refractivity contribution >= 4 is 62.2 Å². The minimum Gasteiger partial charge on any atom is -0.481 e. The molecule has 0 saturated carbocycles. The van der Waals surface area contributed by atoms with Crippen LogP contribution in [0.1, 0.15) is 18.0 Å². The normalized spacial score (nSPS) is 11.9. The first kappa shape index (κ1) is 17.6. The highest BCUT2D eigenvalue weighted by Crippen LogP contribution is 2.23. The third kappa shape index (κ3) is 4.66. The SMILES string of the molecule is O=C(O)CC(NC(=S)Nc1ccc2sncc2c1)c1ccc(Cl)cc1. The van der Waals surface area contributed by atoms with E-state index in [4.69, 9.17) is 28.9 Å². The first-order valence-corrected chi connectivity index (χ1v) is 8.96. The van der Waals surface area contributed by atoms with Crippen molar-refractivity contribution < 1.29 is 9.90 Å². The van der Waals surface area contributed by atoms with Crippen molar-refractivity contribution in [2.45, 2.75) is 12.5 Å². The van der Waals surface area contributed by atoms with Crippen LogP contribution in [0.25, 0.3) is 10.1 Å². The Labute approximate surface area is 158 Å². The van der Waals surface area contributed by atoms with E-state index in [0.29, 0.717) is 10.1 Å². The van der Waals surface area contributed by atoms with Crippen molar-refractivity contribution in [1.82, 2.24) is 9.69 Å². The lowest BCUT2D eigenvalue weighted by molar-refractivity contribution is -0.137. The number of benzene rings is 2. The summed E-state index contributed by atoms with van der Waals surface area (Å²) in [6.07, 6.45) is 1.69. The van der Waals surface area contributed by atoms with E-state index in [1.165, 1.54) is 11.5 Å². The number of aromatic nitrogens is 1. The number of nitrogens with one attached hydrogen (secondary N) is 2. The van der Waals surface area contributed by atoms with Gasteiger partial charge in [-0.15, -0.1) is 0 Å². The molecule has 1 atom stereocenters. The molecule has 8 heteroatoms. The second-order valence-corrected chi connectivity index (χ2v) is 7.06. The summed E-state index contributed by atoms with van der Waals surface area (Å²) >= 11 is 12.7. The van der Waals surface area contributed by atoms with E-state index in [0.717, 1.165) is 21.3 Å². The van der Waals surface area contributed by atoms with Crippen LogP contribution in [0.4, 0.5) is 5.69 Å². The predicted octanol–water partition coefficient (Wildman–Crippen LogP) is 4.45. The second kappa shape index (κ2) is 7.77. The number of hydrogen-bond donors (Lipinski definition) is 3. The molecule has 0 saturated heterocycles. The Hall–Kier alpha value is -2.22. The summed E-state index contributed by atoms with van der Waals surface area (Å²) in [7, 11) is 0. The maximum Gasteiger partial charge on any atom is 0.305 e. The van der Waals surface area contributed by atoms with E-state index in [1.54, 1.807) is 30.5 Å². The number of carboxylic acid groups (broad SMARTS) is 1. The maximum atomic E-state index is 11.2. The molecule has 3 N–H and O–H groups in total. The summed E-state index contributed by atoms with van der Waals surface area (Å²) in [4.78, 5) is 11.2. The summed E-state index contributed by atoms with van der Waals surface area (Å²) < 4.78 is 5.23. The minimum absolute atomic E-state index is 0.100. The van der Waals surface area contributed by atoms with Crippen LogP contribution in [0.2, 0.25) is 5.02 Å². The van der Waals surface area contributed by atoms with Crippen LogP contribution in [-0.4, -0.2) is 20.6 Å². The molecule has 0 radical (unpaired) electrons. The molecular formula is C17H14ClN3O2S2. The Kier molecular flexibility index (Phi) is 5.47. The number of aliphatic carboxylic acids is 1. The quantitative estimate of drug-likeness (QED) is 0.558. The highest BCUT2D eigenvalue weighted by atomic mass is 35.5. The summed E-state index contributed by atoms with van der Waals surface area (Å²) in [6.45, 7) is 0. The summed E-state index contributed by atoms with van der Waals surface area (Å²) in [5, 5.41) is 17.3. The van der Waals surface area contributed by atoms with E-state index in [9.17, 15) is 4.79 Å². The van der Waals surface area contributed by atoms with Gasteiger partial charge in [0.2, 0.25) is 0 Å². The van der Waals surface area contributed by atoms with E-state index in [2.05, 4.69) is 15.0 Å². The Balaban J connectivity index is 1.72. The van der Waals surface area contributed by atoms with Gasteiger partial charge >= 0.3 is 5.97 Å². The Bertz CT molecular complexity index is 912. The molecule has 0 aliphatic heterocycles. The first-order valence-electron chi connectivity index (χ1n) is 7.40. The number of rotatable bonds is 5. The molecule has 0 spiro atoms. The topological polar surface area (TPSA) is 74.2 Å². The molecule has 1 unspecified atom stereocenters. The first-order chi connectivity index (χ1) is 12.0. The molecule has 0 aliphatic rings. The van der Waals surface area contributed by atoms with Crippen LogP contribution in [0.5, 0.6) is 0 Å². The van der Waals surface area contributed by atoms with Gasteiger partial charge in [-0.3, -0.25) is 4.79 Å². The number of fused-ring (bicyclic) bond motifs is 1. The molecule has 25 heavy (non-hydrogen) atoms. The molecule has 3 aromatic rings. The third-order valence-electron chi connectivity index (χ3n) is 3.57. The van der Waals surface area contributed by atoms with Gasteiger partial charge in [-0.2, -0.15) is 4.37 Å². The maximum absolute atomic E-state index is 11.2. The molecule has 0 fully saturated rings. The molecular weight excluding hydrogens is 378 g/mol. The molecule has 0 bridgehead atoms. The fraction of sp³-hybridized carbons (Fsp3) is 0.118. The van der Waals surface area contributed by atoms with Crippen LogP contribution < -0.4 is 10.6 Å². The predicted molar refractivity (Wildman–Crippen MR) is 105 cm³/mol. The van der Waals surface area contributed by atoms with Crippen LogP contribution in [0.3, 0.4) is 0 Å². The van der Waals surface area contributed by atoms with E-state index < -0.39 is 12.0 Å². The third-order valence-corrected chi connectivity index (χ3v) is 4.82. The summed E-state index contributed by atoms with van der Waals surface area (Å²) in [5.41, 5.74) is 1.61. The zero-order chi connectivity index (χ0) is 17.8. The van der Waals surface area contributed by atoms with Gasteiger partial charge in [0, 0.05) is 22.3 Å². The van der Waals surface area contributed by atoms with Gasteiger partial charge in [-0.25, -0.2) is 0 Å². The molecule has 5 nitrogen and oxygen atoms in total. The number of thiocarbonyl (C=S) groups is 1. The van der Waals surface area contributed by atoms with Crippen molar-refractivity contribution in [1.29, 1.82) is 0 Å². The number of hydrogen-bond acceptors (Lipinski definition) is 4. The summed E-state index contributed by atoms with van der Waals surface area (Å²) in [6, 6.07) is 12.4. The molecule has 0 aliphatic carbocycles. The smallest absolute Gasteiger partial charge is 0.305 e.